The molecule has 0 amide bonds. The van der Waals surface area contributed by atoms with E-state index in [9.17, 15) is 10.1 Å². The van der Waals surface area contributed by atoms with Crippen LogP contribution in [0.15, 0.2) is 29.4 Å². The van der Waals surface area contributed by atoms with E-state index in [4.69, 9.17) is 11.5 Å². The Morgan fingerprint density at radius 1 is 1.43 bits per heavy atom. The highest BCUT2D eigenvalue weighted by atomic mass is 16.6. The Hall–Kier alpha value is -2.31. The summed E-state index contributed by atoms with van der Waals surface area (Å²) in [5, 5.41) is 14.0. The number of para-hydroxylation sites is 2. The standard InChI is InChI=1S/C7H9N5O2/c8-7(9)11-10-5-3-1-2-4-6(5)12(13)14/h1-4,10H,(H4,8,9,11). The van der Waals surface area contributed by atoms with Crippen LogP contribution in [0.1, 0.15) is 0 Å². The third kappa shape index (κ3) is 2.34. The van der Waals surface area contributed by atoms with Crippen LogP contribution in [0, 0.1) is 10.1 Å². The lowest BCUT2D eigenvalue weighted by Gasteiger charge is -2.00. The van der Waals surface area contributed by atoms with Gasteiger partial charge in [0, 0.05) is 6.07 Å². The van der Waals surface area contributed by atoms with Gasteiger partial charge in [-0.3, -0.25) is 15.5 Å². The summed E-state index contributed by atoms with van der Waals surface area (Å²) in [6, 6.07) is 6.05. The predicted molar refractivity (Wildman–Crippen MR) is 52.5 cm³/mol. The fourth-order valence-corrected chi connectivity index (χ4v) is 0.852. The van der Waals surface area contributed by atoms with Gasteiger partial charge in [0.15, 0.2) is 0 Å². The molecule has 0 aliphatic heterocycles. The van der Waals surface area contributed by atoms with Crippen molar-refractivity contribution in [3.8, 4) is 0 Å². The van der Waals surface area contributed by atoms with E-state index in [1.54, 1.807) is 12.1 Å². The number of nitrogens with one attached hydrogen (secondary N) is 1. The van der Waals surface area contributed by atoms with Crippen molar-refractivity contribution in [3.63, 3.8) is 0 Å². The summed E-state index contributed by atoms with van der Waals surface area (Å²) in [6.07, 6.45) is 0. The van der Waals surface area contributed by atoms with Crippen LogP contribution in [0.3, 0.4) is 0 Å². The molecule has 0 saturated carbocycles. The van der Waals surface area contributed by atoms with Crippen molar-refractivity contribution < 1.29 is 4.92 Å². The van der Waals surface area contributed by atoms with Crippen LogP contribution < -0.4 is 16.9 Å². The van der Waals surface area contributed by atoms with Crippen molar-refractivity contribution in [2.24, 2.45) is 16.6 Å². The van der Waals surface area contributed by atoms with Gasteiger partial charge in [-0.05, 0) is 6.07 Å². The number of guanidine groups is 1. The Bertz CT molecular complexity index is 372. The number of hydrogen-bond acceptors (Lipinski definition) is 4. The van der Waals surface area contributed by atoms with E-state index >= 15 is 0 Å². The van der Waals surface area contributed by atoms with Gasteiger partial charge in [-0.15, -0.1) is 5.10 Å². The second-order valence-electron chi connectivity index (χ2n) is 2.42. The van der Waals surface area contributed by atoms with E-state index in [1.807, 2.05) is 0 Å². The number of rotatable bonds is 3. The molecule has 7 heteroatoms. The summed E-state index contributed by atoms with van der Waals surface area (Å²) in [5.74, 6) is -0.192. The quantitative estimate of drug-likeness (QED) is 0.275. The number of nitrogens with two attached hydrogens (primary N) is 2. The van der Waals surface area contributed by atoms with Gasteiger partial charge < -0.3 is 11.5 Å². The van der Waals surface area contributed by atoms with Crippen molar-refractivity contribution in [1.82, 2.24) is 0 Å². The van der Waals surface area contributed by atoms with Crippen LogP contribution in [-0.2, 0) is 0 Å². The maximum Gasteiger partial charge on any atom is 0.294 e. The molecule has 7 nitrogen and oxygen atoms in total. The Morgan fingerprint density at radius 3 is 2.64 bits per heavy atom. The third-order valence-electron chi connectivity index (χ3n) is 1.41. The highest BCUT2D eigenvalue weighted by Crippen LogP contribution is 2.22. The number of anilines is 1. The fraction of sp³-hybridized carbons (Fsp3) is 0. The zero-order valence-electron chi connectivity index (χ0n) is 7.18. The highest BCUT2D eigenvalue weighted by molar-refractivity contribution is 5.77. The van der Waals surface area contributed by atoms with Crippen molar-refractivity contribution in [1.29, 1.82) is 0 Å². The van der Waals surface area contributed by atoms with Crippen molar-refractivity contribution in [2.75, 3.05) is 5.43 Å². The summed E-state index contributed by atoms with van der Waals surface area (Å²) in [5.41, 5.74) is 12.7. The maximum absolute atomic E-state index is 10.5. The van der Waals surface area contributed by atoms with E-state index in [0.29, 0.717) is 0 Å². The van der Waals surface area contributed by atoms with Gasteiger partial charge >= 0.3 is 0 Å². The molecule has 0 aliphatic rings. The molecule has 0 spiro atoms. The van der Waals surface area contributed by atoms with Crippen LogP contribution in [0.25, 0.3) is 0 Å². The van der Waals surface area contributed by atoms with Crippen molar-refractivity contribution >= 4 is 17.3 Å². The average molecular weight is 195 g/mol. The van der Waals surface area contributed by atoms with Gasteiger partial charge in [0.05, 0.1) is 4.92 Å². The van der Waals surface area contributed by atoms with Crippen LogP contribution in [-0.4, -0.2) is 10.9 Å². The molecule has 0 saturated heterocycles. The van der Waals surface area contributed by atoms with Crippen LogP contribution >= 0.6 is 0 Å². The highest BCUT2D eigenvalue weighted by Gasteiger charge is 2.10. The molecule has 0 bridgehead atoms. The lowest BCUT2D eigenvalue weighted by Crippen LogP contribution is -2.24. The molecule has 14 heavy (non-hydrogen) atoms. The number of nitro benzene ring substituents is 1. The van der Waals surface area contributed by atoms with Gasteiger partial charge in [-0.25, -0.2) is 0 Å². The summed E-state index contributed by atoms with van der Waals surface area (Å²) in [7, 11) is 0. The minimum Gasteiger partial charge on any atom is -0.369 e. The van der Waals surface area contributed by atoms with Gasteiger partial charge in [-0.1, -0.05) is 12.1 Å². The van der Waals surface area contributed by atoms with Gasteiger partial charge in [0.25, 0.3) is 5.69 Å². The average Bonchev–Trinajstić information content (AvgIpc) is 2.15. The second kappa shape index (κ2) is 4.08. The Labute approximate surface area is 79.5 Å². The van der Waals surface area contributed by atoms with E-state index in [0.717, 1.165) is 0 Å². The minimum absolute atomic E-state index is 0.0856. The largest absolute Gasteiger partial charge is 0.369 e. The topological polar surface area (TPSA) is 120 Å². The van der Waals surface area contributed by atoms with Crippen LogP contribution in [0.5, 0.6) is 0 Å². The summed E-state index contributed by atoms with van der Waals surface area (Å²) >= 11 is 0. The zero-order chi connectivity index (χ0) is 10.6. The SMILES string of the molecule is NC(N)=NNc1ccccc1[N+](=O)[O-]. The number of nitrogens with zero attached hydrogens (tertiary/aromatic N) is 2. The normalized spacial score (nSPS) is 9.14. The molecule has 0 unspecified atom stereocenters. The summed E-state index contributed by atoms with van der Waals surface area (Å²) in [6.45, 7) is 0. The lowest BCUT2D eigenvalue weighted by atomic mass is 10.3. The second-order valence-corrected chi connectivity index (χ2v) is 2.42. The first kappa shape index (κ1) is 9.78. The molecule has 0 aliphatic carbocycles. The van der Waals surface area contributed by atoms with E-state index in [-0.39, 0.29) is 17.3 Å². The predicted octanol–water partition coefficient (Wildman–Crippen LogP) is 0.195. The lowest BCUT2D eigenvalue weighted by molar-refractivity contribution is -0.384. The Morgan fingerprint density at radius 2 is 2.07 bits per heavy atom. The molecule has 1 aromatic rings. The number of hydrogen-bond donors (Lipinski definition) is 3. The van der Waals surface area contributed by atoms with E-state index in [1.165, 1.54) is 12.1 Å². The van der Waals surface area contributed by atoms with Crippen LogP contribution in [0.2, 0.25) is 0 Å². The van der Waals surface area contributed by atoms with Gasteiger partial charge in [0.1, 0.15) is 5.69 Å². The van der Waals surface area contributed by atoms with E-state index in [2.05, 4.69) is 10.5 Å². The Kier molecular flexibility index (Phi) is 2.85. The monoisotopic (exact) mass is 195 g/mol. The molecule has 74 valence electrons. The molecule has 0 fully saturated rings. The van der Waals surface area contributed by atoms with E-state index < -0.39 is 4.92 Å². The first-order valence-electron chi connectivity index (χ1n) is 3.69. The first-order valence-corrected chi connectivity index (χ1v) is 3.69. The molecule has 0 atom stereocenters. The zero-order valence-corrected chi connectivity index (χ0v) is 7.18. The number of nitro groups is 1. The first-order chi connectivity index (χ1) is 6.61. The molecule has 0 radical (unpaired) electrons. The number of benzene rings is 1. The molecule has 0 heterocycles. The van der Waals surface area contributed by atoms with Crippen molar-refractivity contribution in [3.05, 3.63) is 34.4 Å². The molecule has 1 rings (SSSR count). The smallest absolute Gasteiger partial charge is 0.294 e. The molecule has 5 N–H and O–H groups in total. The van der Waals surface area contributed by atoms with Crippen molar-refractivity contribution in [2.45, 2.75) is 0 Å². The molecule has 1 aromatic carbocycles. The molecule has 0 aromatic heterocycles. The summed E-state index contributed by atoms with van der Waals surface area (Å²) < 4.78 is 0. The van der Waals surface area contributed by atoms with Gasteiger partial charge in [-0.2, -0.15) is 0 Å². The maximum atomic E-state index is 10.5. The summed E-state index contributed by atoms with van der Waals surface area (Å²) in [4.78, 5) is 10.00. The van der Waals surface area contributed by atoms with Gasteiger partial charge in [0.2, 0.25) is 5.96 Å². The molecular weight excluding hydrogens is 186 g/mol. The Balaban J connectivity index is 2.96. The molecular formula is C7H9N5O2. The number of hydrazone groups is 1. The third-order valence-corrected chi connectivity index (χ3v) is 1.41. The van der Waals surface area contributed by atoms with Crippen LogP contribution in [0.4, 0.5) is 11.4 Å². The minimum atomic E-state index is -0.523. The fourth-order valence-electron chi connectivity index (χ4n) is 0.852.